The van der Waals surface area contributed by atoms with Gasteiger partial charge < -0.3 is 10.1 Å². The number of thioether (sulfide) groups is 1. The van der Waals surface area contributed by atoms with Crippen LogP contribution in [0, 0.1) is 0 Å². The fraction of sp³-hybridized carbons (Fsp3) is 0.118. The Morgan fingerprint density at radius 2 is 1.76 bits per heavy atom. The van der Waals surface area contributed by atoms with E-state index in [1.165, 1.54) is 10.9 Å². The van der Waals surface area contributed by atoms with Crippen molar-refractivity contribution >= 4 is 28.6 Å². The van der Waals surface area contributed by atoms with E-state index < -0.39 is 5.97 Å². The Bertz CT molecular complexity index is 729. The molecular weight excluding hydrogens is 282 g/mol. The van der Waals surface area contributed by atoms with Crippen LogP contribution >= 0.6 is 11.8 Å². The van der Waals surface area contributed by atoms with Crippen LogP contribution in [-0.2, 0) is 17.0 Å². The molecule has 0 amide bonds. The number of H-pyrrole nitrogens is 1. The van der Waals surface area contributed by atoms with Crippen LogP contribution in [-0.4, -0.2) is 16.1 Å². The first kappa shape index (κ1) is 13.8. The highest BCUT2D eigenvalue weighted by atomic mass is 32.2. The molecule has 4 heteroatoms. The number of aliphatic carboxylic acids is 1. The Morgan fingerprint density at radius 1 is 1.05 bits per heavy atom. The van der Waals surface area contributed by atoms with Gasteiger partial charge in [-0.2, -0.15) is 0 Å². The Labute approximate surface area is 127 Å². The maximum atomic E-state index is 10.6. The summed E-state index contributed by atoms with van der Waals surface area (Å²) in [4.78, 5) is 14.0. The van der Waals surface area contributed by atoms with Crippen LogP contribution in [0.15, 0.2) is 59.6 Å². The van der Waals surface area contributed by atoms with Crippen LogP contribution in [0.1, 0.15) is 11.1 Å². The molecule has 0 saturated carbocycles. The van der Waals surface area contributed by atoms with E-state index in [1.807, 2.05) is 36.4 Å². The molecule has 0 aliphatic heterocycles. The van der Waals surface area contributed by atoms with Crippen molar-refractivity contribution in [3.63, 3.8) is 0 Å². The van der Waals surface area contributed by atoms with Crippen molar-refractivity contribution in [2.24, 2.45) is 0 Å². The highest BCUT2D eigenvalue weighted by molar-refractivity contribution is 7.98. The number of hydrogen-bond donors (Lipinski definition) is 2. The second-order valence-electron chi connectivity index (χ2n) is 4.90. The molecule has 0 aliphatic rings. The number of aromatic nitrogens is 1. The summed E-state index contributed by atoms with van der Waals surface area (Å²) in [5.41, 5.74) is 3.17. The van der Waals surface area contributed by atoms with Gasteiger partial charge in [-0.15, -0.1) is 11.8 Å². The van der Waals surface area contributed by atoms with E-state index in [9.17, 15) is 4.79 Å². The van der Waals surface area contributed by atoms with Gasteiger partial charge in [-0.05, 0) is 23.3 Å². The van der Waals surface area contributed by atoms with Gasteiger partial charge in [0, 0.05) is 16.7 Å². The molecule has 106 valence electrons. The van der Waals surface area contributed by atoms with Gasteiger partial charge in [0.2, 0.25) is 0 Å². The van der Waals surface area contributed by atoms with Crippen molar-refractivity contribution < 1.29 is 9.90 Å². The molecule has 0 fully saturated rings. The minimum atomic E-state index is -0.796. The summed E-state index contributed by atoms with van der Waals surface area (Å²) >= 11 is 1.75. The highest BCUT2D eigenvalue weighted by Gasteiger charge is 2.03. The molecule has 0 bridgehead atoms. The number of nitrogens with one attached hydrogen (secondary N) is 1. The van der Waals surface area contributed by atoms with Gasteiger partial charge in [-0.3, -0.25) is 4.79 Å². The number of carboxylic acids is 1. The van der Waals surface area contributed by atoms with Gasteiger partial charge in [0.05, 0.1) is 11.4 Å². The fourth-order valence-electron chi connectivity index (χ4n) is 2.21. The molecule has 3 nitrogen and oxygen atoms in total. The second kappa shape index (κ2) is 6.06. The smallest absolute Gasteiger partial charge is 0.307 e. The number of hydrogen-bond acceptors (Lipinski definition) is 2. The summed E-state index contributed by atoms with van der Waals surface area (Å²) in [6.45, 7) is 0. The van der Waals surface area contributed by atoms with Crippen molar-refractivity contribution in [3.05, 3.63) is 65.7 Å². The minimum Gasteiger partial charge on any atom is -0.481 e. The lowest BCUT2D eigenvalue weighted by Crippen LogP contribution is -1.99. The van der Waals surface area contributed by atoms with Crippen molar-refractivity contribution in [1.82, 2.24) is 4.98 Å². The van der Waals surface area contributed by atoms with E-state index in [-0.39, 0.29) is 6.42 Å². The largest absolute Gasteiger partial charge is 0.481 e. The van der Waals surface area contributed by atoms with Crippen LogP contribution in [0.2, 0.25) is 0 Å². The minimum absolute atomic E-state index is 0.0788. The molecule has 1 aromatic heterocycles. The predicted molar refractivity (Wildman–Crippen MR) is 85.6 cm³/mol. The molecule has 2 N–H and O–H groups in total. The summed E-state index contributed by atoms with van der Waals surface area (Å²) in [5, 5.41) is 11.1. The molecule has 0 spiro atoms. The van der Waals surface area contributed by atoms with E-state index in [4.69, 9.17) is 5.11 Å². The van der Waals surface area contributed by atoms with Crippen LogP contribution in [0.5, 0.6) is 0 Å². The zero-order valence-electron chi connectivity index (χ0n) is 11.4. The molecule has 3 aromatic rings. The molecule has 0 unspecified atom stereocenters. The lowest BCUT2D eigenvalue weighted by molar-refractivity contribution is -0.136. The zero-order chi connectivity index (χ0) is 14.7. The summed E-state index contributed by atoms with van der Waals surface area (Å²) < 4.78 is 0. The second-order valence-corrected chi connectivity index (χ2v) is 5.91. The lowest BCUT2D eigenvalue weighted by Gasteiger charge is -2.02. The predicted octanol–water partition coefficient (Wildman–Crippen LogP) is 4.09. The molecule has 21 heavy (non-hydrogen) atoms. The lowest BCUT2D eigenvalue weighted by atomic mass is 10.1. The van der Waals surface area contributed by atoms with Crippen molar-refractivity contribution in [2.45, 2.75) is 17.2 Å². The van der Waals surface area contributed by atoms with Gasteiger partial charge in [0.1, 0.15) is 0 Å². The third kappa shape index (κ3) is 3.47. The molecule has 3 rings (SSSR count). The average Bonchev–Trinajstić information content (AvgIpc) is 2.89. The van der Waals surface area contributed by atoms with Crippen molar-refractivity contribution in [1.29, 1.82) is 0 Å². The van der Waals surface area contributed by atoms with E-state index >= 15 is 0 Å². The number of carbonyl (C=O) groups is 1. The number of rotatable bonds is 5. The topological polar surface area (TPSA) is 53.1 Å². The third-order valence-corrected chi connectivity index (χ3v) is 4.29. The summed E-state index contributed by atoms with van der Waals surface area (Å²) in [7, 11) is 0. The van der Waals surface area contributed by atoms with Gasteiger partial charge in [0.15, 0.2) is 0 Å². The van der Waals surface area contributed by atoms with Gasteiger partial charge >= 0.3 is 5.97 Å². The average molecular weight is 297 g/mol. The Morgan fingerprint density at radius 3 is 2.48 bits per heavy atom. The number of para-hydroxylation sites is 1. The quantitative estimate of drug-likeness (QED) is 0.697. The normalized spacial score (nSPS) is 10.9. The Balaban J connectivity index is 1.65. The Hall–Kier alpha value is -2.20. The molecule has 2 aromatic carbocycles. The first-order chi connectivity index (χ1) is 10.2. The van der Waals surface area contributed by atoms with Crippen LogP contribution < -0.4 is 0 Å². The van der Waals surface area contributed by atoms with Crippen LogP contribution in [0.4, 0.5) is 0 Å². The molecule has 0 aliphatic carbocycles. The van der Waals surface area contributed by atoms with Crippen LogP contribution in [0.3, 0.4) is 0 Å². The summed E-state index contributed by atoms with van der Waals surface area (Å²) in [6, 6.07) is 18.1. The highest BCUT2D eigenvalue weighted by Crippen LogP contribution is 2.26. The molecule has 0 atom stereocenters. The van der Waals surface area contributed by atoms with Gasteiger partial charge in [0.25, 0.3) is 0 Å². The maximum Gasteiger partial charge on any atom is 0.307 e. The Kier molecular flexibility index (Phi) is 3.97. The molecule has 1 heterocycles. The van der Waals surface area contributed by atoms with Gasteiger partial charge in [-0.25, -0.2) is 0 Å². The standard InChI is InChI=1S/C17H15NO2S/c19-17(20)9-12-5-7-13(8-6-12)11-21-16-10-14-3-1-2-4-15(14)18-16/h1-8,10,18H,9,11H2,(H,19,20). The van der Waals surface area contributed by atoms with E-state index in [0.29, 0.717) is 0 Å². The number of aromatic amines is 1. The van der Waals surface area contributed by atoms with Crippen molar-refractivity contribution in [3.8, 4) is 0 Å². The third-order valence-electron chi connectivity index (χ3n) is 3.28. The first-order valence-corrected chi connectivity index (χ1v) is 7.69. The number of fused-ring (bicyclic) bond motifs is 1. The van der Waals surface area contributed by atoms with E-state index in [2.05, 4.69) is 23.2 Å². The number of benzene rings is 2. The maximum absolute atomic E-state index is 10.6. The molecule has 0 saturated heterocycles. The van der Waals surface area contributed by atoms with Crippen molar-refractivity contribution in [2.75, 3.05) is 0 Å². The van der Waals surface area contributed by atoms with E-state index in [0.717, 1.165) is 21.9 Å². The van der Waals surface area contributed by atoms with Crippen LogP contribution in [0.25, 0.3) is 10.9 Å². The summed E-state index contributed by atoms with van der Waals surface area (Å²) in [6.07, 6.45) is 0.0788. The van der Waals surface area contributed by atoms with Gasteiger partial charge in [-0.1, -0.05) is 42.5 Å². The summed E-state index contributed by atoms with van der Waals surface area (Å²) in [5.74, 6) is 0.0652. The zero-order valence-corrected chi connectivity index (χ0v) is 12.2. The SMILES string of the molecule is O=C(O)Cc1ccc(CSc2cc3ccccc3[nH]2)cc1. The molecule has 0 radical (unpaired) electrons. The molecular formula is C17H15NO2S. The first-order valence-electron chi connectivity index (χ1n) is 6.71. The fourth-order valence-corrected chi connectivity index (χ4v) is 3.12. The number of carboxylic acid groups (broad SMARTS) is 1. The van der Waals surface area contributed by atoms with E-state index in [1.54, 1.807) is 11.8 Å². The monoisotopic (exact) mass is 297 g/mol.